The van der Waals surface area contributed by atoms with Crippen LogP contribution in [-0.4, -0.2) is 122 Å². The van der Waals surface area contributed by atoms with Crippen molar-refractivity contribution < 1.29 is 14.4 Å². The SMILES string of the molecule is Cc1ccc2c(c1)C(Cc1ccc(C(=O)C(C)(C)N3CCSCC3)cc1)(Cc1ccc(C(=O)C(C)(C)N3CCSCC3)cc1)c1cc(C(=O)C(C)(C)N3CCSCC3)ccc1-2. The van der Waals surface area contributed by atoms with Gasteiger partial charge in [0.05, 0.1) is 16.6 Å². The summed E-state index contributed by atoms with van der Waals surface area (Å²) in [6.07, 6.45) is 1.37. The van der Waals surface area contributed by atoms with Gasteiger partial charge in [0, 0.05) is 95.9 Å². The van der Waals surface area contributed by atoms with Gasteiger partial charge in [-0.15, -0.1) is 0 Å². The van der Waals surface area contributed by atoms with E-state index in [4.69, 9.17) is 0 Å². The van der Waals surface area contributed by atoms with Gasteiger partial charge in [-0.3, -0.25) is 29.1 Å². The Morgan fingerprint density at radius 2 is 0.803 bits per heavy atom. The van der Waals surface area contributed by atoms with Crippen molar-refractivity contribution in [1.82, 2.24) is 14.7 Å². The molecule has 3 fully saturated rings. The standard InChI is InChI=1S/C52H63N3O3S3/c1-36-8-18-42-43-19-17-41(48(58)51(6,7)55-24-30-61-31-25-55)33-45(43)52(44(42)32-36,34-37-9-13-39(14-10-37)46(56)49(2,3)53-20-26-59-27-21-53)35-38-11-15-40(16-12-38)47(57)50(4,5)54-22-28-60-29-23-54/h8-19,32-33H,20-31,34-35H2,1-7H3. The van der Waals surface area contributed by atoms with E-state index in [9.17, 15) is 14.4 Å². The number of thioether (sulfide) groups is 3. The summed E-state index contributed by atoms with van der Waals surface area (Å²) in [5.41, 5.74) is 8.17. The second-order valence-electron chi connectivity index (χ2n) is 19.1. The molecular weight excluding hydrogens is 811 g/mol. The minimum absolute atomic E-state index is 0.152. The lowest BCUT2D eigenvalue weighted by Gasteiger charge is -2.40. The van der Waals surface area contributed by atoms with E-state index >= 15 is 0 Å². The smallest absolute Gasteiger partial charge is 0.182 e. The molecule has 4 aromatic carbocycles. The second kappa shape index (κ2) is 17.8. The predicted octanol–water partition coefficient (Wildman–Crippen LogP) is 9.78. The van der Waals surface area contributed by atoms with E-state index in [0.29, 0.717) is 12.8 Å². The Balaban J connectivity index is 1.19. The summed E-state index contributed by atoms with van der Waals surface area (Å²) in [7, 11) is 0. The zero-order chi connectivity index (χ0) is 43.2. The zero-order valence-electron chi connectivity index (χ0n) is 37.3. The van der Waals surface area contributed by atoms with E-state index in [1.165, 1.54) is 22.3 Å². The molecule has 9 heteroatoms. The largest absolute Gasteiger partial charge is 0.292 e. The first kappa shape index (κ1) is 44.4. The van der Waals surface area contributed by atoms with Crippen LogP contribution in [0.5, 0.6) is 0 Å². The molecule has 0 atom stereocenters. The highest BCUT2D eigenvalue weighted by atomic mass is 32.2. The number of Topliss-reactive ketones (excluding diaryl/α,β-unsaturated/α-hetero) is 3. The van der Waals surface area contributed by atoms with E-state index in [0.717, 1.165) is 107 Å². The summed E-state index contributed by atoms with van der Waals surface area (Å²) in [5, 5.41) is 0. The minimum atomic E-state index is -0.633. The van der Waals surface area contributed by atoms with Crippen molar-refractivity contribution in [2.75, 3.05) is 73.8 Å². The van der Waals surface area contributed by atoms with Crippen LogP contribution in [0.3, 0.4) is 0 Å². The third-order valence-electron chi connectivity index (χ3n) is 14.3. The van der Waals surface area contributed by atoms with Gasteiger partial charge in [-0.2, -0.15) is 35.3 Å². The first-order chi connectivity index (χ1) is 29.1. The number of ketones is 3. The molecule has 322 valence electrons. The van der Waals surface area contributed by atoms with Gasteiger partial charge in [-0.05, 0) is 101 Å². The number of hydrogen-bond donors (Lipinski definition) is 0. The molecule has 0 saturated carbocycles. The van der Waals surface area contributed by atoms with Crippen molar-refractivity contribution >= 4 is 52.6 Å². The van der Waals surface area contributed by atoms with Gasteiger partial charge >= 0.3 is 0 Å². The molecule has 6 nitrogen and oxygen atoms in total. The fourth-order valence-electron chi connectivity index (χ4n) is 10.3. The number of fused-ring (bicyclic) bond motifs is 3. The van der Waals surface area contributed by atoms with E-state index in [1.54, 1.807) is 0 Å². The average molecular weight is 874 g/mol. The van der Waals surface area contributed by atoms with Crippen LogP contribution < -0.4 is 0 Å². The lowest BCUT2D eigenvalue weighted by molar-refractivity contribution is 0.0664. The van der Waals surface area contributed by atoms with Crippen molar-refractivity contribution in [1.29, 1.82) is 0 Å². The molecule has 3 aliphatic heterocycles. The van der Waals surface area contributed by atoms with Crippen molar-refractivity contribution in [3.05, 3.63) is 129 Å². The molecule has 4 aromatic rings. The third-order valence-corrected chi connectivity index (χ3v) is 17.1. The lowest BCUT2D eigenvalue weighted by Crippen LogP contribution is -2.53. The Labute approximate surface area is 377 Å². The van der Waals surface area contributed by atoms with Crippen LogP contribution in [0.4, 0.5) is 0 Å². The Bertz CT molecular complexity index is 2180. The van der Waals surface area contributed by atoms with Crippen molar-refractivity contribution in [3.63, 3.8) is 0 Å². The highest BCUT2D eigenvalue weighted by Crippen LogP contribution is 2.53. The number of nitrogens with zero attached hydrogens (tertiary/aromatic N) is 3. The summed E-state index contributed by atoms with van der Waals surface area (Å²) in [6, 6.07) is 30.0. The monoisotopic (exact) mass is 873 g/mol. The van der Waals surface area contributed by atoms with Gasteiger partial charge in [0.2, 0.25) is 0 Å². The quantitative estimate of drug-likeness (QED) is 0.122. The number of rotatable bonds is 13. The average Bonchev–Trinajstić information content (AvgIpc) is 3.53. The first-order valence-corrected chi connectivity index (χ1v) is 25.7. The molecule has 0 N–H and O–H groups in total. The molecule has 0 radical (unpaired) electrons. The molecule has 0 unspecified atom stereocenters. The molecule has 0 aromatic heterocycles. The molecule has 8 rings (SSSR count). The van der Waals surface area contributed by atoms with Gasteiger partial charge in [0.15, 0.2) is 17.3 Å². The lowest BCUT2D eigenvalue weighted by atomic mass is 9.69. The molecule has 3 heterocycles. The number of aryl methyl sites for hydroxylation is 1. The third kappa shape index (κ3) is 8.61. The van der Waals surface area contributed by atoms with Crippen molar-refractivity contribution in [3.8, 4) is 11.1 Å². The molecular formula is C52H63N3O3S3. The topological polar surface area (TPSA) is 60.9 Å². The second-order valence-corrected chi connectivity index (χ2v) is 22.8. The number of benzene rings is 4. The highest BCUT2D eigenvalue weighted by molar-refractivity contribution is 7.99. The number of hydrogen-bond acceptors (Lipinski definition) is 9. The van der Waals surface area contributed by atoms with Crippen LogP contribution in [0.2, 0.25) is 0 Å². The Morgan fingerprint density at radius 3 is 1.20 bits per heavy atom. The van der Waals surface area contributed by atoms with Crippen molar-refractivity contribution in [2.24, 2.45) is 0 Å². The molecule has 0 spiro atoms. The Hall–Kier alpha value is -3.18. The number of carbonyl (C=O) groups is 3. The summed E-state index contributed by atoms with van der Waals surface area (Å²) in [5.74, 6) is 6.75. The molecule has 1 aliphatic carbocycles. The van der Waals surface area contributed by atoms with E-state index in [2.05, 4.69) is 118 Å². The van der Waals surface area contributed by atoms with E-state index < -0.39 is 22.0 Å². The van der Waals surface area contributed by atoms with Gasteiger partial charge in [-0.1, -0.05) is 84.4 Å². The maximum atomic E-state index is 14.7. The van der Waals surface area contributed by atoms with Crippen LogP contribution in [-0.2, 0) is 18.3 Å². The van der Waals surface area contributed by atoms with Gasteiger partial charge in [0.25, 0.3) is 0 Å². The zero-order valence-corrected chi connectivity index (χ0v) is 39.7. The minimum Gasteiger partial charge on any atom is -0.292 e. The van der Waals surface area contributed by atoms with Crippen LogP contribution in [0.25, 0.3) is 11.1 Å². The van der Waals surface area contributed by atoms with E-state index in [1.807, 2.05) is 65.6 Å². The normalized spacial score (nSPS) is 19.0. The number of carbonyl (C=O) groups excluding carboxylic acids is 3. The summed E-state index contributed by atoms with van der Waals surface area (Å²) < 4.78 is 0. The Kier molecular flexibility index (Phi) is 12.9. The predicted molar refractivity (Wildman–Crippen MR) is 260 cm³/mol. The van der Waals surface area contributed by atoms with Gasteiger partial charge in [-0.25, -0.2) is 0 Å². The van der Waals surface area contributed by atoms with Crippen LogP contribution in [0.15, 0.2) is 84.9 Å². The highest BCUT2D eigenvalue weighted by Gasteiger charge is 2.45. The van der Waals surface area contributed by atoms with Crippen molar-refractivity contribution in [2.45, 2.75) is 83.3 Å². The Morgan fingerprint density at radius 1 is 0.475 bits per heavy atom. The van der Waals surface area contributed by atoms with E-state index in [-0.39, 0.29) is 17.3 Å². The fraction of sp³-hybridized carbons (Fsp3) is 0.481. The maximum absolute atomic E-state index is 14.7. The molecule has 0 bridgehead atoms. The van der Waals surface area contributed by atoms with Crippen LogP contribution >= 0.6 is 35.3 Å². The molecule has 3 saturated heterocycles. The van der Waals surface area contributed by atoms with Crippen LogP contribution in [0.1, 0.15) is 100 Å². The molecule has 0 amide bonds. The van der Waals surface area contributed by atoms with Crippen LogP contribution in [0, 0.1) is 6.92 Å². The molecule has 4 aliphatic rings. The first-order valence-electron chi connectivity index (χ1n) is 22.2. The summed E-state index contributed by atoms with van der Waals surface area (Å²) >= 11 is 5.87. The summed E-state index contributed by atoms with van der Waals surface area (Å²) in [6.45, 7) is 20.1. The van der Waals surface area contributed by atoms with Gasteiger partial charge < -0.3 is 0 Å². The summed E-state index contributed by atoms with van der Waals surface area (Å²) in [4.78, 5) is 49.9. The fourth-order valence-corrected chi connectivity index (χ4v) is 13.0. The maximum Gasteiger partial charge on any atom is 0.182 e. The van der Waals surface area contributed by atoms with Gasteiger partial charge in [0.1, 0.15) is 0 Å². The molecule has 61 heavy (non-hydrogen) atoms.